The van der Waals surface area contributed by atoms with Crippen molar-refractivity contribution in [2.75, 3.05) is 0 Å². The third-order valence-electron chi connectivity index (χ3n) is 3.11. The quantitative estimate of drug-likeness (QED) is 0.679. The van der Waals surface area contributed by atoms with Crippen molar-refractivity contribution in [3.05, 3.63) is 53.6 Å². The van der Waals surface area contributed by atoms with Crippen molar-refractivity contribution < 1.29 is 14.7 Å². The maximum atomic E-state index is 11.4. The number of allylic oxidation sites excluding steroid dienone is 3. The maximum absolute atomic E-state index is 11.4. The summed E-state index contributed by atoms with van der Waals surface area (Å²) >= 11 is 6.25. The van der Waals surface area contributed by atoms with Crippen molar-refractivity contribution in [3.63, 3.8) is 0 Å². The van der Waals surface area contributed by atoms with Crippen LogP contribution in [0.25, 0.3) is 5.57 Å². The first-order valence-corrected chi connectivity index (χ1v) is 6.27. The molecule has 0 aromatic heterocycles. The molecule has 0 radical (unpaired) electrons. The van der Waals surface area contributed by atoms with E-state index in [2.05, 4.69) is 0 Å². The molecule has 0 saturated heterocycles. The van der Waals surface area contributed by atoms with Gasteiger partial charge >= 0.3 is 5.97 Å². The Kier molecular flexibility index (Phi) is 3.86. The lowest BCUT2D eigenvalue weighted by Crippen LogP contribution is -2.25. The summed E-state index contributed by atoms with van der Waals surface area (Å²) in [6.07, 6.45) is 4.36. The predicted octanol–water partition coefficient (Wildman–Crippen LogP) is 3.05. The standard InChI is InChI=1S/C15H13ClO3/c16-15(8-9-17)7-6-12(13(10-15)14(18)19)11-4-2-1-3-5-11/h1-7,9H,8,10H2,(H,18,19). The Bertz CT molecular complexity index is 560. The molecule has 98 valence electrons. The van der Waals surface area contributed by atoms with Crippen molar-refractivity contribution in [2.45, 2.75) is 17.7 Å². The summed E-state index contributed by atoms with van der Waals surface area (Å²) in [5, 5.41) is 9.33. The molecule has 0 bridgehead atoms. The van der Waals surface area contributed by atoms with E-state index in [1.54, 1.807) is 12.2 Å². The first-order valence-electron chi connectivity index (χ1n) is 5.89. The number of carboxylic acids is 1. The van der Waals surface area contributed by atoms with Crippen LogP contribution in [0.5, 0.6) is 0 Å². The summed E-state index contributed by atoms with van der Waals surface area (Å²) in [5.74, 6) is -1.00. The van der Waals surface area contributed by atoms with Gasteiger partial charge in [0.25, 0.3) is 0 Å². The molecule has 1 aromatic rings. The largest absolute Gasteiger partial charge is 0.478 e. The number of aldehydes is 1. The molecular formula is C15H13ClO3. The molecule has 0 aliphatic heterocycles. The smallest absolute Gasteiger partial charge is 0.332 e. The zero-order valence-corrected chi connectivity index (χ0v) is 10.9. The van der Waals surface area contributed by atoms with Crippen LogP contribution in [0.1, 0.15) is 18.4 Å². The van der Waals surface area contributed by atoms with Gasteiger partial charge in [-0.1, -0.05) is 42.5 Å². The lowest BCUT2D eigenvalue weighted by molar-refractivity contribution is -0.132. The van der Waals surface area contributed by atoms with Gasteiger partial charge in [-0.15, -0.1) is 11.6 Å². The molecule has 0 heterocycles. The van der Waals surface area contributed by atoms with E-state index in [9.17, 15) is 14.7 Å². The first kappa shape index (κ1) is 13.6. The number of benzene rings is 1. The molecule has 0 spiro atoms. The summed E-state index contributed by atoms with van der Waals surface area (Å²) in [5.41, 5.74) is 1.72. The van der Waals surface area contributed by atoms with Crippen LogP contribution in [-0.2, 0) is 9.59 Å². The minimum absolute atomic E-state index is 0.101. The third-order valence-corrected chi connectivity index (χ3v) is 3.52. The fraction of sp³-hybridized carbons (Fsp3) is 0.200. The Balaban J connectivity index is 2.44. The average molecular weight is 277 g/mol. The highest BCUT2D eigenvalue weighted by atomic mass is 35.5. The topological polar surface area (TPSA) is 54.4 Å². The van der Waals surface area contributed by atoms with E-state index in [0.717, 1.165) is 5.56 Å². The van der Waals surface area contributed by atoms with E-state index < -0.39 is 10.8 Å². The van der Waals surface area contributed by atoms with E-state index in [4.69, 9.17) is 11.6 Å². The Morgan fingerprint density at radius 3 is 2.63 bits per heavy atom. The Hall–Kier alpha value is -1.87. The van der Waals surface area contributed by atoms with E-state index in [-0.39, 0.29) is 18.4 Å². The summed E-state index contributed by atoms with van der Waals surface area (Å²) in [6, 6.07) is 9.27. The number of halogens is 1. The summed E-state index contributed by atoms with van der Waals surface area (Å²) in [4.78, 5) is 21.1. The Morgan fingerprint density at radius 2 is 2.05 bits per heavy atom. The van der Waals surface area contributed by atoms with Gasteiger partial charge in [0.1, 0.15) is 6.29 Å². The van der Waals surface area contributed by atoms with E-state index in [1.807, 2.05) is 30.3 Å². The number of alkyl halides is 1. The van der Waals surface area contributed by atoms with Crippen molar-refractivity contribution in [1.29, 1.82) is 0 Å². The molecule has 1 N–H and O–H groups in total. The zero-order chi connectivity index (χ0) is 13.9. The Morgan fingerprint density at radius 1 is 1.37 bits per heavy atom. The molecule has 0 fully saturated rings. The van der Waals surface area contributed by atoms with Crippen LogP contribution in [0.4, 0.5) is 0 Å². The van der Waals surface area contributed by atoms with Gasteiger partial charge < -0.3 is 9.90 Å². The molecule has 19 heavy (non-hydrogen) atoms. The molecule has 1 unspecified atom stereocenters. The molecule has 1 atom stereocenters. The monoisotopic (exact) mass is 276 g/mol. The second-order valence-electron chi connectivity index (χ2n) is 4.48. The van der Waals surface area contributed by atoms with E-state index in [1.165, 1.54) is 0 Å². The van der Waals surface area contributed by atoms with Crippen LogP contribution in [0.3, 0.4) is 0 Å². The van der Waals surface area contributed by atoms with Gasteiger partial charge in [-0.25, -0.2) is 4.79 Å². The van der Waals surface area contributed by atoms with Gasteiger partial charge in [-0.2, -0.15) is 0 Å². The molecule has 2 rings (SSSR count). The van der Waals surface area contributed by atoms with Gasteiger partial charge in [0.15, 0.2) is 0 Å². The molecule has 1 aromatic carbocycles. The van der Waals surface area contributed by atoms with Crippen molar-refractivity contribution in [2.24, 2.45) is 0 Å². The predicted molar refractivity (Wildman–Crippen MR) is 74.0 cm³/mol. The van der Waals surface area contributed by atoms with E-state index in [0.29, 0.717) is 11.9 Å². The van der Waals surface area contributed by atoms with Gasteiger partial charge in [0.05, 0.1) is 4.87 Å². The van der Waals surface area contributed by atoms with Crippen molar-refractivity contribution in [3.8, 4) is 0 Å². The van der Waals surface area contributed by atoms with Gasteiger partial charge in [-0.05, 0) is 11.1 Å². The summed E-state index contributed by atoms with van der Waals surface area (Å²) < 4.78 is 0. The second kappa shape index (κ2) is 5.41. The lowest BCUT2D eigenvalue weighted by atomic mass is 9.84. The number of hydrogen-bond acceptors (Lipinski definition) is 2. The van der Waals surface area contributed by atoms with Gasteiger partial charge in [-0.3, -0.25) is 0 Å². The fourth-order valence-corrected chi connectivity index (χ4v) is 2.40. The van der Waals surface area contributed by atoms with Crippen LogP contribution >= 0.6 is 11.6 Å². The average Bonchev–Trinajstić information content (AvgIpc) is 2.39. The molecule has 3 nitrogen and oxygen atoms in total. The number of carbonyl (C=O) groups excluding carboxylic acids is 1. The number of rotatable bonds is 4. The number of carbonyl (C=O) groups is 2. The highest BCUT2D eigenvalue weighted by Crippen LogP contribution is 2.38. The molecule has 0 saturated carbocycles. The summed E-state index contributed by atoms with van der Waals surface area (Å²) in [7, 11) is 0. The number of carboxylic acid groups (broad SMARTS) is 1. The first-order chi connectivity index (χ1) is 9.06. The summed E-state index contributed by atoms with van der Waals surface area (Å²) in [6.45, 7) is 0. The maximum Gasteiger partial charge on any atom is 0.332 e. The molecule has 4 heteroatoms. The minimum atomic E-state index is -1.00. The fourth-order valence-electron chi connectivity index (χ4n) is 2.14. The highest BCUT2D eigenvalue weighted by molar-refractivity contribution is 6.27. The molecule has 1 aliphatic rings. The zero-order valence-electron chi connectivity index (χ0n) is 10.2. The SMILES string of the molecule is O=CCC1(Cl)C=CC(c2ccccc2)=C(C(=O)O)C1. The van der Waals surface area contributed by atoms with Gasteiger partial charge in [0.2, 0.25) is 0 Å². The second-order valence-corrected chi connectivity index (χ2v) is 5.23. The van der Waals surface area contributed by atoms with Crippen molar-refractivity contribution >= 4 is 29.4 Å². The number of hydrogen-bond donors (Lipinski definition) is 1. The van der Waals surface area contributed by atoms with Crippen LogP contribution in [-0.4, -0.2) is 22.2 Å². The van der Waals surface area contributed by atoms with Crippen LogP contribution in [0.2, 0.25) is 0 Å². The molecular weight excluding hydrogens is 264 g/mol. The third kappa shape index (κ3) is 2.93. The molecule has 1 aliphatic carbocycles. The van der Waals surface area contributed by atoms with Crippen LogP contribution < -0.4 is 0 Å². The number of aliphatic carboxylic acids is 1. The van der Waals surface area contributed by atoms with E-state index >= 15 is 0 Å². The Labute approximate surface area is 116 Å². The van der Waals surface area contributed by atoms with Crippen LogP contribution in [0.15, 0.2) is 48.1 Å². The normalized spacial score (nSPS) is 22.4. The highest BCUT2D eigenvalue weighted by Gasteiger charge is 2.32. The van der Waals surface area contributed by atoms with Crippen molar-refractivity contribution in [1.82, 2.24) is 0 Å². The lowest BCUT2D eigenvalue weighted by Gasteiger charge is -2.26. The molecule has 0 amide bonds. The van der Waals surface area contributed by atoms with Gasteiger partial charge in [0, 0.05) is 18.4 Å². The van der Waals surface area contributed by atoms with Crippen LogP contribution in [0, 0.1) is 0 Å². The minimum Gasteiger partial charge on any atom is -0.478 e.